The summed E-state index contributed by atoms with van der Waals surface area (Å²) in [5, 5.41) is 32.9. The molecule has 0 fully saturated rings. The van der Waals surface area contributed by atoms with E-state index in [1.165, 1.54) is 6.92 Å². The summed E-state index contributed by atoms with van der Waals surface area (Å²) in [6.07, 6.45) is -0.987. The van der Waals surface area contributed by atoms with Gasteiger partial charge in [0.1, 0.15) is 0 Å². The van der Waals surface area contributed by atoms with Crippen LogP contribution in [0, 0.1) is 0 Å². The van der Waals surface area contributed by atoms with Crippen LogP contribution in [0.3, 0.4) is 0 Å². The van der Waals surface area contributed by atoms with Gasteiger partial charge in [0.25, 0.3) is 0 Å². The molecule has 0 aromatic heterocycles. The van der Waals surface area contributed by atoms with Gasteiger partial charge in [-0.15, -0.1) is 0 Å². The summed E-state index contributed by atoms with van der Waals surface area (Å²) in [5.41, 5.74) is -0.257. The third-order valence-corrected chi connectivity index (χ3v) is 1.51. The van der Waals surface area contributed by atoms with Crippen LogP contribution in [-0.2, 0) is 14.4 Å². The lowest BCUT2D eigenvalue weighted by Crippen LogP contribution is -2.07. The first-order valence-electron chi connectivity index (χ1n) is 4.79. The molecule has 0 saturated heterocycles. The van der Waals surface area contributed by atoms with Gasteiger partial charge in [-0.1, -0.05) is 13.2 Å². The Morgan fingerprint density at radius 2 is 1.39 bits per heavy atom. The molecule has 0 aromatic carbocycles. The quantitative estimate of drug-likeness (QED) is 0.511. The molecule has 0 aromatic rings. The van der Waals surface area contributed by atoms with E-state index < -0.39 is 30.4 Å². The number of aliphatic carboxylic acids is 3. The zero-order valence-electron chi connectivity index (χ0n) is 9.92. The maximum Gasteiger partial charge on any atom is 0.331 e. The summed E-state index contributed by atoms with van der Waals surface area (Å²) in [7, 11) is 0. The molecule has 0 heterocycles. The van der Waals surface area contributed by atoms with Crippen molar-refractivity contribution in [2.24, 2.45) is 0 Å². The van der Waals surface area contributed by atoms with Gasteiger partial charge in [0.2, 0.25) is 0 Å². The van der Waals surface area contributed by atoms with Crippen molar-refractivity contribution in [1.29, 1.82) is 0 Å². The number of carboxylic acid groups (broad SMARTS) is 3. The molecule has 102 valence electrons. The zero-order valence-corrected chi connectivity index (χ0v) is 9.92. The number of carbonyl (C=O) groups is 3. The Hall–Kier alpha value is -2.15. The van der Waals surface area contributed by atoms with Crippen LogP contribution >= 0.6 is 0 Å². The van der Waals surface area contributed by atoms with Crippen LogP contribution in [0.25, 0.3) is 0 Å². The van der Waals surface area contributed by atoms with E-state index in [-0.39, 0.29) is 17.6 Å². The second-order valence-corrected chi connectivity index (χ2v) is 3.44. The third kappa shape index (κ3) is 11.9. The molecule has 7 nitrogen and oxygen atoms in total. The van der Waals surface area contributed by atoms with E-state index in [2.05, 4.69) is 13.2 Å². The monoisotopic (exact) mass is 260 g/mol. The second kappa shape index (κ2) is 8.94. The molecule has 0 bridgehead atoms. The molecule has 0 amide bonds. The lowest BCUT2D eigenvalue weighted by atomic mass is 10.1. The first-order chi connectivity index (χ1) is 8.07. The summed E-state index contributed by atoms with van der Waals surface area (Å²) in [6, 6.07) is 0. The molecule has 0 aliphatic heterocycles. The van der Waals surface area contributed by atoms with Crippen molar-refractivity contribution in [2.45, 2.75) is 25.9 Å². The Balaban J connectivity index is 0. The van der Waals surface area contributed by atoms with Crippen molar-refractivity contribution in [3.8, 4) is 0 Å². The minimum absolute atomic E-state index is 0.0463. The van der Waals surface area contributed by atoms with Crippen molar-refractivity contribution in [3.63, 3.8) is 0 Å². The van der Waals surface area contributed by atoms with Gasteiger partial charge in [0.05, 0.1) is 12.5 Å². The van der Waals surface area contributed by atoms with Gasteiger partial charge in [-0.25, -0.2) is 9.59 Å². The van der Waals surface area contributed by atoms with E-state index in [0.717, 1.165) is 0 Å². The fourth-order valence-corrected chi connectivity index (χ4v) is 0.702. The summed E-state index contributed by atoms with van der Waals surface area (Å²) in [6.45, 7) is 7.77. The Bertz CT molecular complexity index is 354. The highest BCUT2D eigenvalue weighted by Gasteiger charge is 2.07. The van der Waals surface area contributed by atoms with Gasteiger partial charge >= 0.3 is 17.9 Å². The van der Waals surface area contributed by atoms with Crippen molar-refractivity contribution >= 4 is 17.9 Å². The van der Waals surface area contributed by atoms with Crippen LogP contribution in [-0.4, -0.2) is 44.4 Å². The van der Waals surface area contributed by atoms with Gasteiger partial charge in [-0.2, -0.15) is 0 Å². The van der Waals surface area contributed by atoms with E-state index in [1.807, 2.05) is 0 Å². The largest absolute Gasteiger partial charge is 0.481 e. The average molecular weight is 260 g/mol. The maximum atomic E-state index is 10.0. The molecule has 7 heteroatoms. The smallest absolute Gasteiger partial charge is 0.331 e. The third-order valence-electron chi connectivity index (χ3n) is 1.51. The number of aliphatic hydroxyl groups excluding tert-OH is 1. The summed E-state index contributed by atoms with van der Waals surface area (Å²) >= 11 is 0. The zero-order chi connectivity index (χ0) is 14.9. The maximum absolute atomic E-state index is 10.0. The van der Waals surface area contributed by atoms with Gasteiger partial charge in [-0.3, -0.25) is 4.79 Å². The highest BCUT2D eigenvalue weighted by Crippen LogP contribution is 2.01. The highest BCUT2D eigenvalue weighted by molar-refractivity contribution is 5.91. The molecule has 0 rings (SSSR count). The molecule has 1 unspecified atom stereocenters. The van der Waals surface area contributed by atoms with Crippen molar-refractivity contribution in [2.75, 3.05) is 0 Å². The lowest BCUT2D eigenvalue weighted by Gasteiger charge is -2.01. The minimum atomic E-state index is -1.27. The van der Waals surface area contributed by atoms with Crippen LogP contribution in [0.1, 0.15) is 19.8 Å². The molecule has 0 aliphatic rings. The highest BCUT2D eigenvalue weighted by atomic mass is 16.4. The van der Waals surface area contributed by atoms with E-state index in [4.69, 9.17) is 20.4 Å². The second-order valence-electron chi connectivity index (χ2n) is 3.44. The topological polar surface area (TPSA) is 132 Å². The predicted octanol–water partition coefficient (Wildman–Crippen LogP) is 0.500. The molecule has 0 spiro atoms. The molecule has 0 aliphatic carbocycles. The summed E-state index contributed by atoms with van der Waals surface area (Å²) < 4.78 is 0. The molecular formula is C11H16O7. The first kappa shape index (κ1) is 18.2. The van der Waals surface area contributed by atoms with E-state index in [0.29, 0.717) is 0 Å². The van der Waals surface area contributed by atoms with Crippen molar-refractivity contribution < 1.29 is 34.8 Å². The molecule has 1 atom stereocenters. The van der Waals surface area contributed by atoms with E-state index >= 15 is 0 Å². The summed E-state index contributed by atoms with van der Waals surface area (Å²) in [4.78, 5) is 29.7. The first-order valence-corrected chi connectivity index (χ1v) is 4.79. The Labute approximate surface area is 104 Å². The number of hydrogen-bond acceptors (Lipinski definition) is 4. The van der Waals surface area contributed by atoms with Crippen LogP contribution in [0.15, 0.2) is 24.3 Å². The Morgan fingerprint density at radius 3 is 1.50 bits per heavy atom. The molecule has 4 N–H and O–H groups in total. The van der Waals surface area contributed by atoms with E-state index in [9.17, 15) is 14.4 Å². The number of rotatable bonds is 6. The molecular weight excluding hydrogens is 244 g/mol. The van der Waals surface area contributed by atoms with Gasteiger partial charge in [0, 0.05) is 17.6 Å². The standard InChI is InChI=1S/C6H10O3.C5H6O4/c1-4(6(8)9)3-5(2)7;1-3(5(8)9)2-4(6)7/h5,7H,1,3H2,2H3,(H,8,9);1-2H2,(H,6,7)(H,8,9). The van der Waals surface area contributed by atoms with Crippen molar-refractivity contribution in [3.05, 3.63) is 24.3 Å². The Kier molecular flexibility index (Phi) is 9.05. The van der Waals surface area contributed by atoms with Crippen LogP contribution in [0.5, 0.6) is 0 Å². The van der Waals surface area contributed by atoms with Gasteiger partial charge < -0.3 is 20.4 Å². The number of carboxylic acids is 3. The normalized spacial score (nSPS) is 10.6. The molecule has 0 radical (unpaired) electrons. The average Bonchev–Trinajstić information content (AvgIpc) is 2.16. The van der Waals surface area contributed by atoms with E-state index in [1.54, 1.807) is 0 Å². The van der Waals surface area contributed by atoms with Gasteiger partial charge in [0.15, 0.2) is 0 Å². The number of hydrogen-bond donors (Lipinski definition) is 4. The SMILES string of the molecule is C=C(CC(=O)O)C(=O)O.C=C(CC(C)O)C(=O)O. The number of aliphatic hydroxyl groups is 1. The fraction of sp³-hybridized carbons (Fsp3) is 0.364. The predicted molar refractivity (Wildman–Crippen MR) is 62.1 cm³/mol. The van der Waals surface area contributed by atoms with Crippen LogP contribution in [0.4, 0.5) is 0 Å². The fourth-order valence-electron chi connectivity index (χ4n) is 0.702. The van der Waals surface area contributed by atoms with Crippen molar-refractivity contribution in [1.82, 2.24) is 0 Å². The minimum Gasteiger partial charge on any atom is -0.481 e. The van der Waals surface area contributed by atoms with Crippen LogP contribution < -0.4 is 0 Å². The lowest BCUT2D eigenvalue weighted by molar-refractivity contribution is -0.139. The summed E-state index contributed by atoms with van der Waals surface area (Å²) in [5.74, 6) is -3.49. The molecule has 18 heavy (non-hydrogen) atoms. The van der Waals surface area contributed by atoms with Gasteiger partial charge in [-0.05, 0) is 6.92 Å². The molecule has 0 saturated carbocycles. The van der Waals surface area contributed by atoms with Crippen LogP contribution in [0.2, 0.25) is 0 Å². The Morgan fingerprint density at radius 1 is 1.00 bits per heavy atom.